The fourth-order valence-electron chi connectivity index (χ4n) is 4.37. The van der Waals surface area contributed by atoms with Gasteiger partial charge in [-0.2, -0.15) is 5.10 Å². The Kier molecular flexibility index (Phi) is 8.76. The van der Waals surface area contributed by atoms with Crippen LogP contribution in [0.3, 0.4) is 0 Å². The molecule has 0 fully saturated rings. The summed E-state index contributed by atoms with van der Waals surface area (Å²) >= 11 is 12.8. The minimum Gasteiger partial charge on any atom is -0.497 e. The highest BCUT2D eigenvalue weighted by Gasteiger charge is 2.21. The number of aromatic amines is 1. The lowest BCUT2D eigenvalue weighted by Gasteiger charge is -2.11. The van der Waals surface area contributed by atoms with Gasteiger partial charge in [-0.15, -0.1) is 0 Å². The maximum absolute atomic E-state index is 13.3. The molecule has 0 aliphatic heterocycles. The fraction of sp³-hybridized carbons (Fsp3) is 0.0938. The molecule has 10 heteroatoms. The van der Waals surface area contributed by atoms with E-state index in [1.807, 2.05) is 25.1 Å². The summed E-state index contributed by atoms with van der Waals surface area (Å²) in [6.07, 6.45) is 1.46. The van der Waals surface area contributed by atoms with E-state index in [1.165, 1.54) is 13.3 Å². The summed E-state index contributed by atoms with van der Waals surface area (Å²) in [4.78, 5) is 29.2. The van der Waals surface area contributed by atoms with Gasteiger partial charge in [0.15, 0.2) is 11.5 Å². The summed E-state index contributed by atoms with van der Waals surface area (Å²) < 4.78 is 16.5. The molecular formula is C32H25Cl2N3O5. The van der Waals surface area contributed by atoms with Crippen LogP contribution in [-0.2, 0) is 0 Å². The Morgan fingerprint density at radius 2 is 1.79 bits per heavy atom. The number of fused-ring (bicyclic) bond motifs is 1. The van der Waals surface area contributed by atoms with Crippen LogP contribution in [0.2, 0.25) is 10.0 Å². The number of H-pyrrole nitrogens is 1. The van der Waals surface area contributed by atoms with Crippen LogP contribution in [0.15, 0.2) is 90.0 Å². The van der Waals surface area contributed by atoms with Crippen molar-refractivity contribution in [3.05, 3.63) is 112 Å². The highest BCUT2D eigenvalue weighted by atomic mass is 35.5. The number of hydrogen-bond acceptors (Lipinski definition) is 6. The Labute approximate surface area is 251 Å². The highest BCUT2D eigenvalue weighted by molar-refractivity contribution is 6.34. The maximum atomic E-state index is 13.3. The van der Waals surface area contributed by atoms with Crippen molar-refractivity contribution in [2.24, 2.45) is 5.10 Å². The van der Waals surface area contributed by atoms with Gasteiger partial charge < -0.3 is 19.2 Å². The van der Waals surface area contributed by atoms with E-state index in [9.17, 15) is 9.59 Å². The van der Waals surface area contributed by atoms with E-state index in [0.717, 1.165) is 10.9 Å². The predicted octanol–water partition coefficient (Wildman–Crippen LogP) is 7.53. The van der Waals surface area contributed by atoms with Crippen LogP contribution in [0.1, 0.15) is 33.3 Å². The largest absolute Gasteiger partial charge is 0.497 e. The normalized spacial score (nSPS) is 11.0. The molecule has 0 saturated carbocycles. The molecule has 0 aliphatic carbocycles. The van der Waals surface area contributed by atoms with Crippen molar-refractivity contribution in [2.75, 3.05) is 13.7 Å². The van der Waals surface area contributed by atoms with E-state index in [0.29, 0.717) is 50.4 Å². The van der Waals surface area contributed by atoms with Crippen molar-refractivity contribution in [1.82, 2.24) is 10.4 Å². The number of hydrogen-bond donors (Lipinski definition) is 2. The number of methoxy groups -OCH3 is 1. The Hall–Kier alpha value is -4.79. The lowest BCUT2D eigenvalue weighted by atomic mass is 10.0. The molecule has 5 aromatic rings. The van der Waals surface area contributed by atoms with Crippen molar-refractivity contribution < 1.29 is 23.8 Å². The monoisotopic (exact) mass is 601 g/mol. The van der Waals surface area contributed by atoms with Crippen LogP contribution in [0.4, 0.5) is 0 Å². The highest BCUT2D eigenvalue weighted by Crippen LogP contribution is 2.37. The SMILES string of the molecule is CCOc1cc(C=NNC(=O)c2[nH]c3ccc(Cl)cc3c2-c2ccccc2Cl)ccc1OC(=O)c1cccc(OC)c1. The average molecular weight is 602 g/mol. The number of halogens is 2. The second-order valence-electron chi connectivity index (χ2n) is 9.00. The Bertz CT molecular complexity index is 1820. The molecule has 0 radical (unpaired) electrons. The van der Waals surface area contributed by atoms with Gasteiger partial charge in [0, 0.05) is 32.1 Å². The molecule has 1 amide bonds. The molecule has 0 atom stereocenters. The lowest BCUT2D eigenvalue weighted by molar-refractivity contribution is 0.0727. The second kappa shape index (κ2) is 12.8. The van der Waals surface area contributed by atoms with E-state index >= 15 is 0 Å². The number of hydrazone groups is 1. The summed E-state index contributed by atoms with van der Waals surface area (Å²) in [5.41, 5.74) is 5.82. The first-order valence-corrected chi connectivity index (χ1v) is 13.7. The topological polar surface area (TPSA) is 102 Å². The zero-order valence-electron chi connectivity index (χ0n) is 22.6. The number of carbonyl (C=O) groups is 2. The number of nitrogens with zero attached hydrogens (tertiary/aromatic N) is 1. The second-order valence-corrected chi connectivity index (χ2v) is 9.85. The van der Waals surface area contributed by atoms with Gasteiger partial charge in [0.25, 0.3) is 5.91 Å². The molecule has 42 heavy (non-hydrogen) atoms. The summed E-state index contributed by atoms with van der Waals surface area (Å²) in [5.74, 6) is 0.0997. The van der Waals surface area contributed by atoms with E-state index in [4.69, 9.17) is 37.4 Å². The molecule has 5 rings (SSSR count). The molecule has 0 saturated heterocycles. The number of carbonyl (C=O) groups excluding carboxylic acids is 2. The summed E-state index contributed by atoms with van der Waals surface area (Å²) in [6, 6.07) is 24.2. The molecule has 1 heterocycles. The van der Waals surface area contributed by atoms with Crippen molar-refractivity contribution in [3.63, 3.8) is 0 Å². The molecule has 4 aromatic carbocycles. The van der Waals surface area contributed by atoms with Crippen LogP contribution >= 0.6 is 23.2 Å². The third-order valence-electron chi connectivity index (χ3n) is 6.29. The minimum absolute atomic E-state index is 0.243. The zero-order valence-corrected chi connectivity index (χ0v) is 24.1. The van der Waals surface area contributed by atoms with Crippen molar-refractivity contribution in [3.8, 4) is 28.4 Å². The molecule has 2 N–H and O–H groups in total. The Morgan fingerprint density at radius 1 is 0.952 bits per heavy atom. The van der Waals surface area contributed by atoms with Gasteiger partial charge in [0.2, 0.25) is 0 Å². The van der Waals surface area contributed by atoms with Crippen LogP contribution < -0.4 is 19.6 Å². The molecule has 212 valence electrons. The van der Waals surface area contributed by atoms with E-state index in [-0.39, 0.29) is 11.4 Å². The quantitative estimate of drug-likeness (QED) is 0.0786. The van der Waals surface area contributed by atoms with Crippen molar-refractivity contribution >= 4 is 52.2 Å². The summed E-state index contributed by atoms with van der Waals surface area (Å²) in [6.45, 7) is 2.16. The number of rotatable bonds is 9. The molecule has 0 unspecified atom stereocenters. The van der Waals surface area contributed by atoms with Crippen molar-refractivity contribution in [2.45, 2.75) is 6.92 Å². The van der Waals surface area contributed by atoms with Gasteiger partial charge >= 0.3 is 5.97 Å². The summed E-state index contributed by atoms with van der Waals surface area (Å²) in [5, 5.41) is 5.92. The van der Waals surface area contributed by atoms with Crippen LogP contribution in [-0.4, -0.2) is 36.8 Å². The van der Waals surface area contributed by atoms with E-state index in [2.05, 4.69) is 15.5 Å². The van der Waals surface area contributed by atoms with E-state index in [1.54, 1.807) is 66.7 Å². The summed E-state index contributed by atoms with van der Waals surface area (Å²) in [7, 11) is 1.52. The van der Waals surface area contributed by atoms with Gasteiger partial charge in [-0.25, -0.2) is 10.2 Å². The van der Waals surface area contributed by atoms with E-state index < -0.39 is 11.9 Å². The standard InChI is InChI=1S/C32H25Cl2N3O5/c1-3-41-28-15-19(11-14-27(28)42-32(39)20-7-6-8-22(16-20)40-2)18-35-37-31(38)30-29(23-9-4-5-10-25(23)34)24-17-21(33)12-13-26(24)36-30/h4-18,36H,3H2,1-2H3,(H,37,38). The first kappa shape index (κ1) is 28.7. The third-order valence-corrected chi connectivity index (χ3v) is 6.85. The Balaban J connectivity index is 1.37. The van der Waals surface area contributed by atoms with Crippen LogP contribution in [0.25, 0.3) is 22.0 Å². The van der Waals surface area contributed by atoms with Crippen molar-refractivity contribution in [1.29, 1.82) is 0 Å². The van der Waals surface area contributed by atoms with Gasteiger partial charge in [-0.3, -0.25) is 4.79 Å². The number of ether oxygens (including phenoxy) is 3. The predicted molar refractivity (Wildman–Crippen MR) is 164 cm³/mol. The molecule has 0 bridgehead atoms. The molecule has 1 aromatic heterocycles. The van der Waals surface area contributed by atoms with Crippen LogP contribution in [0, 0.1) is 0 Å². The fourth-order valence-corrected chi connectivity index (χ4v) is 4.77. The molecular weight excluding hydrogens is 577 g/mol. The number of benzene rings is 4. The molecule has 8 nitrogen and oxygen atoms in total. The number of nitrogens with one attached hydrogen (secondary N) is 2. The van der Waals surface area contributed by atoms with Crippen LogP contribution in [0.5, 0.6) is 17.2 Å². The number of esters is 1. The first-order valence-electron chi connectivity index (χ1n) is 12.9. The lowest BCUT2D eigenvalue weighted by Crippen LogP contribution is -2.19. The first-order chi connectivity index (χ1) is 20.4. The number of amides is 1. The van der Waals surface area contributed by atoms with Gasteiger partial charge in [-0.1, -0.05) is 47.5 Å². The molecule has 0 spiro atoms. The minimum atomic E-state index is -0.558. The average Bonchev–Trinajstić information content (AvgIpc) is 3.37. The smallest absolute Gasteiger partial charge is 0.343 e. The van der Waals surface area contributed by atoms with Gasteiger partial charge in [0.05, 0.1) is 25.5 Å². The van der Waals surface area contributed by atoms with Gasteiger partial charge in [0.1, 0.15) is 11.4 Å². The zero-order chi connectivity index (χ0) is 29.6. The van der Waals surface area contributed by atoms with Gasteiger partial charge in [-0.05, 0) is 73.2 Å². The Morgan fingerprint density at radius 3 is 2.57 bits per heavy atom. The maximum Gasteiger partial charge on any atom is 0.343 e. The third kappa shape index (κ3) is 6.25. The number of aromatic nitrogens is 1. The molecule has 0 aliphatic rings.